The molecule has 0 saturated carbocycles. The van der Waals surface area contributed by atoms with Gasteiger partial charge in [-0.1, -0.05) is 0 Å². The molecular formula is C15H22N6O. The number of fused-ring (bicyclic) bond motifs is 1. The van der Waals surface area contributed by atoms with Crippen LogP contribution in [0, 0.1) is 5.92 Å². The van der Waals surface area contributed by atoms with Gasteiger partial charge in [-0.05, 0) is 12.3 Å². The van der Waals surface area contributed by atoms with Crippen molar-refractivity contribution < 1.29 is 4.74 Å². The Morgan fingerprint density at radius 2 is 2.27 bits per heavy atom. The molecule has 2 aliphatic heterocycles. The molecule has 4 rings (SSSR count). The summed E-state index contributed by atoms with van der Waals surface area (Å²) >= 11 is 0. The first-order valence-corrected chi connectivity index (χ1v) is 8.04. The number of aromatic nitrogens is 5. The highest BCUT2D eigenvalue weighted by Gasteiger charge is 2.22. The van der Waals surface area contributed by atoms with Crippen molar-refractivity contribution in [1.29, 1.82) is 0 Å². The normalized spacial score (nSPS) is 22.6. The second kappa shape index (κ2) is 6.18. The van der Waals surface area contributed by atoms with Crippen molar-refractivity contribution in [3.8, 4) is 0 Å². The molecule has 0 spiro atoms. The Bertz CT molecular complexity index is 602. The molecule has 2 aromatic rings. The Kier molecular flexibility index (Phi) is 3.90. The third kappa shape index (κ3) is 2.91. The first-order valence-electron chi connectivity index (χ1n) is 8.04. The molecule has 0 bridgehead atoms. The van der Waals surface area contributed by atoms with Crippen molar-refractivity contribution in [1.82, 2.24) is 29.2 Å². The minimum atomic E-state index is 0.708. The molecular weight excluding hydrogens is 280 g/mol. The zero-order valence-electron chi connectivity index (χ0n) is 12.8. The first kappa shape index (κ1) is 13.9. The molecule has 1 saturated heterocycles. The maximum atomic E-state index is 5.49. The topological polar surface area (TPSA) is 61.0 Å². The SMILES string of the molecule is c1ncn(Cc2cnc3n2CCN(CC2CCOC2)CC3)n1. The molecule has 0 aliphatic carbocycles. The third-order valence-corrected chi connectivity index (χ3v) is 4.64. The molecule has 118 valence electrons. The van der Waals surface area contributed by atoms with E-state index in [0.29, 0.717) is 5.92 Å². The fourth-order valence-electron chi connectivity index (χ4n) is 3.42. The van der Waals surface area contributed by atoms with Crippen LogP contribution < -0.4 is 0 Å². The Labute approximate surface area is 129 Å². The van der Waals surface area contributed by atoms with Crippen LogP contribution in [0.3, 0.4) is 0 Å². The molecule has 0 radical (unpaired) electrons. The van der Waals surface area contributed by atoms with Gasteiger partial charge in [0.2, 0.25) is 0 Å². The lowest BCUT2D eigenvalue weighted by Crippen LogP contribution is -2.32. The Hall–Kier alpha value is -1.73. The number of ether oxygens (including phenoxy) is 1. The molecule has 7 nitrogen and oxygen atoms in total. The van der Waals surface area contributed by atoms with E-state index in [1.54, 1.807) is 12.7 Å². The second-order valence-electron chi connectivity index (χ2n) is 6.19. The highest BCUT2D eigenvalue weighted by atomic mass is 16.5. The Morgan fingerprint density at radius 1 is 1.27 bits per heavy atom. The first-order chi connectivity index (χ1) is 10.9. The average Bonchev–Trinajstić information content (AvgIpc) is 3.24. The lowest BCUT2D eigenvalue weighted by molar-refractivity contribution is 0.167. The second-order valence-corrected chi connectivity index (χ2v) is 6.19. The lowest BCUT2D eigenvalue weighted by Gasteiger charge is -2.22. The van der Waals surface area contributed by atoms with Crippen molar-refractivity contribution in [3.63, 3.8) is 0 Å². The van der Waals surface area contributed by atoms with Crippen molar-refractivity contribution in [2.24, 2.45) is 5.92 Å². The van der Waals surface area contributed by atoms with E-state index in [1.165, 1.54) is 17.9 Å². The van der Waals surface area contributed by atoms with Gasteiger partial charge in [0.25, 0.3) is 0 Å². The number of hydrogen-bond donors (Lipinski definition) is 0. The van der Waals surface area contributed by atoms with Crippen molar-refractivity contribution in [2.75, 3.05) is 32.8 Å². The predicted octanol–water partition coefficient (Wildman–Crippen LogP) is 0.417. The van der Waals surface area contributed by atoms with Crippen molar-refractivity contribution >= 4 is 0 Å². The van der Waals surface area contributed by atoms with Gasteiger partial charge in [-0.3, -0.25) is 0 Å². The molecule has 2 aromatic heterocycles. The van der Waals surface area contributed by atoms with E-state index in [-0.39, 0.29) is 0 Å². The molecule has 4 heterocycles. The summed E-state index contributed by atoms with van der Waals surface area (Å²) in [7, 11) is 0. The summed E-state index contributed by atoms with van der Waals surface area (Å²) < 4.78 is 9.70. The lowest BCUT2D eigenvalue weighted by atomic mass is 10.1. The molecule has 1 unspecified atom stereocenters. The highest BCUT2D eigenvalue weighted by Crippen LogP contribution is 2.17. The van der Waals surface area contributed by atoms with Crippen LogP contribution in [0.5, 0.6) is 0 Å². The molecule has 0 N–H and O–H groups in total. The van der Waals surface area contributed by atoms with Crippen LogP contribution >= 0.6 is 0 Å². The minimum Gasteiger partial charge on any atom is -0.381 e. The van der Waals surface area contributed by atoms with E-state index in [0.717, 1.165) is 52.4 Å². The maximum Gasteiger partial charge on any atom is 0.137 e. The van der Waals surface area contributed by atoms with Gasteiger partial charge in [-0.15, -0.1) is 0 Å². The van der Waals surface area contributed by atoms with E-state index in [2.05, 4.69) is 24.5 Å². The van der Waals surface area contributed by atoms with E-state index in [1.807, 2.05) is 10.9 Å². The summed E-state index contributed by atoms with van der Waals surface area (Å²) in [6, 6.07) is 0. The largest absolute Gasteiger partial charge is 0.381 e. The standard InChI is InChI=1S/C15H22N6O/c1-3-19(8-13-2-6-22-10-13)4-5-21-14(7-17-15(1)21)9-20-12-16-11-18-20/h7,11-13H,1-6,8-10H2. The molecule has 2 aliphatic rings. The molecule has 22 heavy (non-hydrogen) atoms. The van der Waals surface area contributed by atoms with Gasteiger partial charge < -0.3 is 14.2 Å². The van der Waals surface area contributed by atoms with Crippen LogP contribution in [-0.4, -0.2) is 62.1 Å². The van der Waals surface area contributed by atoms with Gasteiger partial charge in [0, 0.05) is 39.2 Å². The van der Waals surface area contributed by atoms with Gasteiger partial charge in [-0.2, -0.15) is 5.10 Å². The van der Waals surface area contributed by atoms with Gasteiger partial charge in [-0.25, -0.2) is 14.6 Å². The summed E-state index contributed by atoms with van der Waals surface area (Å²) in [6.07, 6.45) is 7.54. The molecule has 1 fully saturated rings. The van der Waals surface area contributed by atoms with Crippen LogP contribution in [0.4, 0.5) is 0 Å². The predicted molar refractivity (Wildman–Crippen MR) is 80.4 cm³/mol. The molecule has 1 atom stereocenters. The summed E-state index contributed by atoms with van der Waals surface area (Å²) in [5.41, 5.74) is 1.21. The smallest absolute Gasteiger partial charge is 0.137 e. The van der Waals surface area contributed by atoms with Gasteiger partial charge in [0.15, 0.2) is 0 Å². The van der Waals surface area contributed by atoms with E-state index in [4.69, 9.17) is 4.74 Å². The van der Waals surface area contributed by atoms with Crippen LogP contribution in [0.1, 0.15) is 17.9 Å². The van der Waals surface area contributed by atoms with Crippen LogP contribution in [-0.2, 0) is 24.2 Å². The van der Waals surface area contributed by atoms with Crippen molar-refractivity contribution in [3.05, 3.63) is 30.4 Å². The van der Waals surface area contributed by atoms with Crippen molar-refractivity contribution in [2.45, 2.75) is 25.9 Å². The number of imidazole rings is 1. The fraction of sp³-hybridized carbons (Fsp3) is 0.667. The van der Waals surface area contributed by atoms with Gasteiger partial charge >= 0.3 is 0 Å². The molecule has 0 amide bonds. The number of hydrogen-bond acceptors (Lipinski definition) is 5. The summed E-state index contributed by atoms with van der Waals surface area (Å²) in [5, 5.41) is 4.19. The van der Waals surface area contributed by atoms with Crippen LogP contribution in [0.15, 0.2) is 18.9 Å². The van der Waals surface area contributed by atoms with Crippen LogP contribution in [0.2, 0.25) is 0 Å². The molecule has 7 heteroatoms. The number of rotatable bonds is 4. The Morgan fingerprint density at radius 3 is 3.09 bits per heavy atom. The van der Waals surface area contributed by atoms with Gasteiger partial charge in [0.1, 0.15) is 18.5 Å². The van der Waals surface area contributed by atoms with E-state index >= 15 is 0 Å². The zero-order valence-corrected chi connectivity index (χ0v) is 12.8. The monoisotopic (exact) mass is 302 g/mol. The quantitative estimate of drug-likeness (QED) is 0.819. The fourth-order valence-corrected chi connectivity index (χ4v) is 3.42. The average molecular weight is 302 g/mol. The minimum absolute atomic E-state index is 0.708. The summed E-state index contributed by atoms with van der Waals surface area (Å²) in [4.78, 5) is 11.2. The maximum absolute atomic E-state index is 5.49. The summed E-state index contributed by atoms with van der Waals surface area (Å²) in [6.45, 7) is 6.95. The van der Waals surface area contributed by atoms with E-state index < -0.39 is 0 Å². The molecule has 0 aromatic carbocycles. The highest BCUT2D eigenvalue weighted by molar-refractivity contribution is 5.07. The van der Waals surface area contributed by atoms with E-state index in [9.17, 15) is 0 Å². The third-order valence-electron chi connectivity index (χ3n) is 4.64. The number of nitrogens with zero attached hydrogens (tertiary/aromatic N) is 6. The zero-order chi connectivity index (χ0) is 14.8. The summed E-state index contributed by atoms with van der Waals surface area (Å²) in [5.74, 6) is 1.90. The van der Waals surface area contributed by atoms with Gasteiger partial charge in [0.05, 0.1) is 25.0 Å². The Balaban J connectivity index is 1.42. The van der Waals surface area contributed by atoms with Crippen LogP contribution in [0.25, 0.3) is 0 Å².